The van der Waals surface area contributed by atoms with Crippen LogP contribution >= 0.6 is 34.2 Å². The van der Waals surface area contributed by atoms with Crippen LogP contribution in [0.5, 0.6) is 11.5 Å². The molecule has 0 atom stereocenters. The summed E-state index contributed by atoms with van der Waals surface area (Å²) in [4.78, 5) is 4.33. The molecule has 0 saturated heterocycles. The van der Waals surface area contributed by atoms with Crippen LogP contribution in [0.4, 0.5) is 5.69 Å². The van der Waals surface area contributed by atoms with Gasteiger partial charge in [-0.2, -0.15) is 0 Å². The van der Waals surface area contributed by atoms with Gasteiger partial charge in [-0.1, -0.05) is 11.6 Å². The Labute approximate surface area is 136 Å². The summed E-state index contributed by atoms with van der Waals surface area (Å²) in [5.41, 5.74) is 2.21. The van der Waals surface area contributed by atoms with Crippen molar-refractivity contribution < 1.29 is 9.84 Å². The molecule has 0 aliphatic carbocycles. The molecular formula is C15H13ClINO2. The van der Waals surface area contributed by atoms with E-state index in [4.69, 9.17) is 16.3 Å². The van der Waals surface area contributed by atoms with Crippen molar-refractivity contribution in [3.05, 3.63) is 50.1 Å². The Morgan fingerprint density at radius 1 is 1.30 bits per heavy atom. The number of aromatic hydroxyl groups is 1. The Balaban J connectivity index is 2.32. The van der Waals surface area contributed by atoms with Gasteiger partial charge < -0.3 is 9.84 Å². The third-order valence-corrected chi connectivity index (χ3v) is 3.70. The van der Waals surface area contributed by atoms with Gasteiger partial charge in [0.15, 0.2) is 0 Å². The zero-order chi connectivity index (χ0) is 14.7. The van der Waals surface area contributed by atoms with Crippen LogP contribution in [0.25, 0.3) is 0 Å². The number of aryl methyl sites for hydroxylation is 1. The third kappa shape index (κ3) is 3.43. The maximum Gasteiger partial charge on any atom is 0.137 e. The topological polar surface area (TPSA) is 41.8 Å². The molecule has 3 nitrogen and oxygen atoms in total. The van der Waals surface area contributed by atoms with E-state index in [2.05, 4.69) is 27.6 Å². The van der Waals surface area contributed by atoms with E-state index in [0.717, 1.165) is 9.13 Å². The molecule has 0 bridgehead atoms. The fourth-order valence-corrected chi connectivity index (χ4v) is 2.79. The summed E-state index contributed by atoms with van der Waals surface area (Å²) in [6, 6.07) is 9.07. The van der Waals surface area contributed by atoms with Crippen molar-refractivity contribution in [3.63, 3.8) is 0 Å². The Bertz CT molecular complexity index is 671. The molecule has 0 spiro atoms. The second-order valence-corrected chi connectivity index (χ2v) is 5.89. The highest BCUT2D eigenvalue weighted by atomic mass is 127. The van der Waals surface area contributed by atoms with Gasteiger partial charge in [0, 0.05) is 15.3 Å². The van der Waals surface area contributed by atoms with Crippen molar-refractivity contribution >= 4 is 46.1 Å². The van der Waals surface area contributed by atoms with Gasteiger partial charge in [-0.05, 0) is 65.4 Å². The zero-order valence-corrected chi connectivity index (χ0v) is 13.9. The van der Waals surface area contributed by atoms with Crippen molar-refractivity contribution in [1.82, 2.24) is 0 Å². The molecule has 1 N–H and O–H groups in total. The van der Waals surface area contributed by atoms with Gasteiger partial charge in [0.2, 0.25) is 0 Å². The van der Waals surface area contributed by atoms with Gasteiger partial charge in [0.25, 0.3) is 0 Å². The molecule has 0 heterocycles. The molecule has 0 amide bonds. The van der Waals surface area contributed by atoms with Crippen molar-refractivity contribution in [2.24, 2.45) is 4.99 Å². The van der Waals surface area contributed by atoms with Crippen LogP contribution < -0.4 is 4.74 Å². The van der Waals surface area contributed by atoms with Gasteiger partial charge in [-0.3, -0.25) is 4.99 Å². The first-order valence-electron chi connectivity index (χ1n) is 5.88. The minimum Gasteiger partial charge on any atom is -0.507 e. The number of halogens is 2. The highest BCUT2D eigenvalue weighted by Crippen LogP contribution is 2.29. The quantitative estimate of drug-likeness (QED) is 0.597. The van der Waals surface area contributed by atoms with Crippen molar-refractivity contribution in [2.45, 2.75) is 6.92 Å². The lowest BCUT2D eigenvalue weighted by Gasteiger charge is -2.05. The lowest BCUT2D eigenvalue weighted by molar-refractivity contribution is 0.415. The number of nitrogens with zero attached hydrogens (tertiary/aromatic N) is 1. The van der Waals surface area contributed by atoms with Crippen LogP contribution in [0, 0.1) is 10.5 Å². The van der Waals surface area contributed by atoms with E-state index in [1.54, 1.807) is 31.5 Å². The maximum absolute atomic E-state index is 10.00. The highest BCUT2D eigenvalue weighted by Gasteiger charge is 2.04. The van der Waals surface area contributed by atoms with Crippen LogP contribution in [0.1, 0.15) is 11.1 Å². The fourth-order valence-electron chi connectivity index (χ4n) is 1.74. The summed E-state index contributed by atoms with van der Waals surface area (Å²) in [5.74, 6) is 0.854. The molecule has 0 unspecified atom stereocenters. The number of aliphatic imine (C=N–C) groups is 1. The van der Waals surface area contributed by atoms with E-state index in [9.17, 15) is 5.11 Å². The van der Waals surface area contributed by atoms with Crippen LogP contribution in [-0.2, 0) is 0 Å². The normalized spacial score (nSPS) is 11.0. The fraction of sp³-hybridized carbons (Fsp3) is 0.133. The Morgan fingerprint density at radius 2 is 2.05 bits per heavy atom. The SMILES string of the molecule is COc1ccc(N=Cc2cc(I)cc(C)c2O)cc1Cl. The Hall–Kier alpha value is -1.27. The molecule has 5 heteroatoms. The van der Waals surface area contributed by atoms with Gasteiger partial charge in [0.05, 0.1) is 17.8 Å². The number of rotatable bonds is 3. The standard InChI is InChI=1S/C15H13ClINO2/c1-9-5-11(17)6-10(15(9)19)8-18-12-3-4-14(20-2)13(16)7-12/h3-8,19H,1-2H3. The minimum absolute atomic E-state index is 0.244. The first-order chi connectivity index (χ1) is 9.51. The Morgan fingerprint density at radius 3 is 2.70 bits per heavy atom. The molecule has 0 saturated carbocycles. The number of methoxy groups -OCH3 is 1. The molecule has 0 aromatic heterocycles. The van der Waals surface area contributed by atoms with Crippen LogP contribution in [-0.4, -0.2) is 18.4 Å². The number of hydrogen-bond acceptors (Lipinski definition) is 3. The van der Waals surface area contributed by atoms with Crippen molar-refractivity contribution in [2.75, 3.05) is 7.11 Å². The number of benzene rings is 2. The van der Waals surface area contributed by atoms with E-state index < -0.39 is 0 Å². The number of phenolic OH excluding ortho intramolecular Hbond substituents is 1. The van der Waals surface area contributed by atoms with E-state index in [-0.39, 0.29) is 5.75 Å². The average Bonchev–Trinajstić information content (AvgIpc) is 2.41. The summed E-state index contributed by atoms with van der Waals surface area (Å²) in [6.45, 7) is 1.86. The smallest absolute Gasteiger partial charge is 0.137 e. The second kappa shape index (κ2) is 6.45. The molecule has 104 valence electrons. The first-order valence-corrected chi connectivity index (χ1v) is 7.33. The molecule has 0 fully saturated rings. The van der Waals surface area contributed by atoms with Crippen molar-refractivity contribution in [1.29, 1.82) is 0 Å². The van der Waals surface area contributed by atoms with Gasteiger partial charge in [0.1, 0.15) is 11.5 Å². The summed E-state index contributed by atoms with van der Waals surface area (Å²) in [7, 11) is 1.57. The third-order valence-electron chi connectivity index (χ3n) is 2.78. The summed E-state index contributed by atoms with van der Waals surface area (Å²) in [5, 5.41) is 10.5. The maximum atomic E-state index is 10.00. The molecule has 0 radical (unpaired) electrons. The molecule has 0 aliphatic heterocycles. The van der Waals surface area contributed by atoms with E-state index in [1.165, 1.54) is 0 Å². The minimum atomic E-state index is 0.244. The Kier molecular flexibility index (Phi) is 4.88. The van der Waals surface area contributed by atoms with Crippen LogP contribution in [0.2, 0.25) is 5.02 Å². The molecular weight excluding hydrogens is 389 g/mol. The molecule has 2 aromatic carbocycles. The lowest BCUT2D eigenvalue weighted by atomic mass is 10.1. The summed E-state index contributed by atoms with van der Waals surface area (Å²) >= 11 is 8.25. The monoisotopic (exact) mass is 401 g/mol. The number of hydrogen-bond donors (Lipinski definition) is 1. The van der Waals surface area contributed by atoms with Crippen LogP contribution in [0.15, 0.2) is 35.3 Å². The van der Waals surface area contributed by atoms with Crippen molar-refractivity contribution in [3.8, 4) is 11.5 Å². The average molecular weight is 402 g/mol. The van der Waals surface area contributed by atoms with Gasteiger partial charge >= 0.3 is 0 Å². The molecule has 2 rings (SSSR count). The number of ether oxygens (including phenoxy) is 1. The number of phenols is 1. The van der Waals surface area contributed by atoms with Gasteiger partial charge in [-0.15, -0.1) is 0 Å². The van der Waals surface area contributed by atoms with E-state index >= 15 is 0 Å². The first kappa shape index (κ1) is 15.1. The zero-order valence-electron chi connectivity index (χ0n) is 11.0. The predicted molar refractivity (Wildman–Crippen MR) is 90.8 cm³/mol. The predicted octanol–water partition coefficient (Wildman–Crippen LogP) is 4.72. The molecule has 0 aliphatic rings. The lowest BCUT2D eigenvalue weighted by Crippen LogP contribution is -1.88. The molecule has 20 heavy (non-hydrogen) atoms. The van der Waals surface area contributed by atoms with Crippen LogP contribution in [0.3, 0.4) is 0 Å². The molecule has 2 aromatic rings. The largest absolute Gasteiger partial charge is 0.507 e. The highest BCUT2D eigenvalue weighted by molar-refractivity contribution is 14.1. The van der Waals surface area contributed by atoms with Gasteiger partial charge in [-0.25, -0.2) is 0 Å². The second-order valence-electron chi connectivity index (χ2n) is 4.24. The summed E-state index contributed by atoms with van der Waals surface area (Å²) in [6.07, 6.45) is 1.63. The van der Waals surface area contributed by atoms with E-state index in [1.807, 2.05) is 19.1 Å². The summed E-state index contributed by atoms with van der Waals surface area (Å²) < 4.78 is 6.14. The van der Waals surface area contributed by atoms with E-state index in [0.29, 0.717) is 22.0 Å².